The van der Waals surface area contributed by atoms with Crippen LogP contribution in [0.4, 0.5) is 0 Å². The van der Waals surface area contributed by atoms with E-state index < -0.39 is 11.4 Å². The van der Waals surface area contributed by atoms with E-state index in [0.29, 0.717) is 49.2 Å². The molecule has 2 saturated heterocycles. The molecule has 2 N–H and O–H groups in total. The Labute approximate surface area is 300 Å². The highest BCUT2D eigenvalue weighted by Crippen LogP contribution is 2.46. The summed E-state index contributed by atoms with van der Waals surface area (Å²) in [5.41, 5.74) is 0.919. The van der Waals surface area contributed by atoms with Crippen molar-refractivity contribution < 1.29 is 33.8 Å². The smallest absolute Gasteiger partial charge is 0.314 e. The predicted octanol–water partition coefficient (Wildman–Crippen LogP) is 6.96. The van der Waals surface area contributed by atoms with Gasteiger partial charge in [-0.2, -0.15) is 0 Å². The lowest BCUT2D eigenvalue weighted by Gasteiger charge is -2.45. The first-order chi connectivity index (χ1) is 23.6. The van der Waals surface area contributed by atoms with Gasteiger partial charge < -0.3 is 24.8 Å². The maximum Gasteiger partial charge on any atom is 0.314 e. The van der Waals surface area contributed by atoms with Crippen molar-refractivity contribution in [2.75, 3.05) is 39.4 Å². The molecule has 0 atom stereocenters. The summed E-state index contributed by atoms with van der Waals surface area (Å²) in [4.78, 5) is 49.3. The highest BCUT2D eigenvalue weighted by molar-refractivity contribution is 6.30. The Balaban J connectivity index is 0.000000183. The first kappa shape index (κ1) is 38.7. The minimum atomic E-state index is -0.717. The van der Waals surface area contributed by atoms with Gasteiger partial charge in [0.1, 0.15) is 0 Å². The zero-order chi connectivity index (χ0) is 35.4. The van der Waals surface area contributed by atoms with Crippen molar-refractivity contribution in [1.82, 2.24) is 10.2 Å². The lowest BCUT2D eigenvalue weighted by atomic mass is 9.63. The van der Waals surface area contributed by atoms with Crippen LogP contribution in [0.3, 0.4) is 0 Å². The van der Waals surface area contributed by atoms with Crippen molar-refractivity contribution in [3.8, 4) is 0 Å². The predicted molar refractivity (Wildman–Crippen MR) is 190 cm³/mol. The summed E-state index contributed by atoms with van der Waals surface area (Å²) in [6.45, 7) is 7.75. The van der Waals surface area contributed by atoms with Gasteiger partial charge in [0, 0.05) is 23.1 Å². The average molecular weight is 718 g/mol. The molecule has 4 aliphatic rings. The van der Waals surface area contributed by atoms with E-state index in [-0.39, 0.29) is 35.1 Å². The van der Waals surface area contributed by atoms with Gasteiger partial charge in [-0.05, 0) is 114 Å². The molecule has 6 rings (SSSR count). The largest absolute Gasteiger partial charge is 0.481 e. The van der Waals surface area contributed by atoms with Crippen LogP contribution < -0.4 is 5.32 Å². The van der Waals surface area contributed by atoms with E-state index in [0.717, 1.165) is 75.6 Å². The van der Waals surface area contributed by atoms with Gasteiger partial charge in [0.05, 0.1) is 35.9 Å². The second-order valence-corrected chi connectivity index (χ2v) is 14.2. The van der Waals surface area contributed by atoms with E-state index in [4.69, 9.17) is 32.7 Å². The van der Waals surface area contributed by atoms with E-state index >= 15 is 0 Å². The Morgan fingerprint density at radius 2 is 1.12 bits per heavy atom. The third kappa shape index (κ3) is 9.56. The maximum absolute atomic E-state index is 13.2. The number of hydrogen-bond donors (Lipinski definition) is 2. The number of nitrogens with zero attached hydrogens (tertiary/aromatic N) is 1. The molecule has 0 aromatic heterocycles. The van der Waals surface area contributed by atoms with Gasteiger partial charge in [-0.3, -0.25) is 19.2 Å². The van der Waals surface area contributed by atoms with Gasteiger partial charge in [-0.1, -0.05) is 60.3 Å². The van der Waals surface area contributed by atoms with E-state index in [1.807, 2.05) is 55.1 Å². The summed E-state index contributed by atoms with van der Waals surface area (Å²) >= 11 is 11.7. The molecule has 2 saturated carbocycles. The third-order valence-corrected chi connectivity index (χ3v) is 10.9. The van der Waals surface area contributed by atoms with Gasteiger partial charge in [0.25, 0.3) is 0 Å². The van der Waals surface area contributed by atoms with Crippen LogP contribution in [0.25, 0.3) is 0 Å². The van der Waals surface area contributed by atoms with Crippen molar-refractivity contribution in [2.45, 2.75) is 88.9 Å². The van der Waals surface area contributed by atoms with E-state index in [2.05, 4.69) is 5.32 Å². The van der Waals surface area contributed by atoms with Crippen LogP contribution in [0.5, 0.6) is 0 Å². The third-order valence-electron chi connectivity index (χ3n) is 10.4. The minimum Gasteiger partial charge on any atom is -0.481 e. The molecule has 2 heterocycles. The molecule has 2 aliphatic heterocycles. The molecular weight excluding hydrogens is 667 g/mol. The molecule has 268 valence electrons. The van der Waals surface area contributed by atoms with Gasteiger partial charge in [0.15, 0.2) is 0 Å². The maximum atomic E-state index is 13.2. The number of hydrogen-bond acceptors (Lipinski definition) is 7. The Kier molecular flexibility index (Phi) is 14.4. The summed E-state index contributed by atoms with van der Waals surface area (Å²) in [6.07, 6.45) is 8.59. The highest BCUT2D eigenvalue weighted by atomic mass is 35.5. The first-order valence-electron chi connectivity index (χ1n) is 17.6. The fourth-order valence-corrected chi connectivity index (χ4v) is 7.30. The standard InChI is InChI=1S/C19H24ClNO3.C11H11ClO2.C8H15NO2/c1-2-24-17(22)14-8-12-21(13-9-14)18(23)19(10-3-11-19)15-4-6-16(20)7-5-15;12-9-4-2-8(3-5-9)11(10(13)14)6-1-7-11;1-2-11-8(10)7-3-5-9-6-4-7/h4-7,14H,2-3,8-13H2,1H3;2-5H,1,6-7H2,(H,13,14);7,9H,2-6H2,1H3. The molecule has 1 amide bonds. The number of rotatable bonds is 8. The molecule has 49 heavy (non-hydrogen) atoms. The summed E-state index contributed by atoms with van der Waals surface area (Å²) in [5.74, 6) is -0.572. The summed E-state index contributed by atoms with van der Waals surface area (Å²) < 4.78 is 10.0. The van der Waals surface area contributed by atoms with Crippen LogP contribution >= 0.6 is 23.2 Å². The van der Waals surface area contributed by atoms with Crippen LogP contribution in [0, 0.1) is 11.8 Å². The molecule has 0 unspecified atom stereocenters. The van der Waals surface area contributed by atoms with Gasteiger partial charge in [-0.25, -0.2) is 0 Å². The van der Waals surface area contributed by atoms with Crippen molar-refractivity contribution in [3.05, 3.63) is 69.7 Å². The van der Waals surface area contributed by atoms with E-state index in [1.165, 1.54) is 0 Å². The topological polar surface area (TPSA) is 122 Å². The number of halogens is 2. The Bertz CT molecular complexity index is 1390. The zero-order valence-electron chi connectivity index (χ0n) is 28.7. The van der Waals surface area contributed by atoms with Crippen LogP contribution in [-0.2, 0) is 39.5 Å². The highest BCUT2D eigenvalue weighted by Gasteiger charge is 2.48. The number of carbonyl (C=O) groups excluding carboxylic acids is 3. The molecule has 11 heteroatoms. The molecule has 0 radical (unpaired) electrons. The summed E-state index contributed by atoms with van der Waals surface area (Å²) in [5, 5.41) is 13.7. The molecule has 0 spiro atoms. The number of carboxylic acid groups (broad SMARTS) is 1. The fourth-order valence-electron chi connectivity index (χ4n) is 7.05. The van der Waals surface area contributed by atoms with E-state index in [9.17, 15) is 24.3 Å². The molecule has 9 nitrogen and oxygen atoms in total. The summed E-state index contributed by atoms with van der Waals surface area (Å²) in [7, 11) is 0. The van der Waals surface area contributed by atoms with Gasteiger partial charge in [0.2, 0.25) is 5.91 Å². The summed E-state index contributed by atoms with van der Waals surface area (Å²) in [6, 6.07) is 14.8. The number of aliphatic carboxylic acids is 1. The van der Waals surface area contributed by atoms with Gasteiger partial charge in [-0.15, -0.1) is 0 Å². The fraction of sp³-hybridized carbons (Fsp3) is 0.579. The van der Waals surface area contributed by atoms with E-state index in [1.54, 1.807) is 12.1 Å². The second-order valence-electron chi connectivity index (χ2n) is 13.3. The van der Waals surface area contributed by atoms with Crippen molar-refractivity contribution in [2.24, 2.45) is 11.8 Å². The lowest BCUT2D eigenvalue weighted by molar-refractivity contribution is -0.153. The molecule has 4 fully saturated rings. The number of amides is 1. The van der Waals surface area contributed by atoms with Crippen LogP contribution in [0.15, 0.2) is 48.5 Å². The Morgan fingerprint density at radius 1 is 0.714 bits per heavy atom. The van der Waals surface area contributed by atoms with Crippen LogP contribution in [-0.4, -0.2) is 73.2 Å². The number of piperidine rings is 2. The number of nitrogens with one attached hydrogen (secondary N) is 1. The number of benzene rings is 2. The average Bonchev–Trinajstić information content (AvgIpc) is 3.06. The number of likely N-dealkylation sites (tertiary alicyclic amines) is 1. The van der Waals surface area contributed by atoms with Crippen LogP contribution in [0.1, 0.15) is 89.2 Å². The molecule has 2 aromatic rings. The quantitative estimate of drug-likeness (QED) is 0.281. The van der Waals surface area contributed by atoms with Crippen LogP contribution in [0.2, 0.25) is 10.0 Å². The molecular formula is C38H50Cl2N2O7. The SMILES string of the molecule is CCOC(=O)C1CCN(C(=O)C2(c3ccc(Cl)cc3)CCC2)CC1.CCOC(=O)C1CCNCC1.O=C(O)C1(c2ccc(Cl)cc2)CCC1. The van der Waals surface area contributed by atoms with Crippen molar-refractivity contribution in [3.63, 3.8) is 0 Å². The van der Waals surface area contributed by atoms with Crippen molar-refractivity contribution in [1.29, 1.82) is 0 Å². The number of carboxylic acids is 1. The van der Waals surface area contributed by atoms with Gasteiger partial charge >= 0.3 is 17.9 Å². The number of carbonyl (C=O) groups is 4. The minimum absolute atomic E-state index is 0.0194. The second kappa shape index (κ2) is 18.2. The Hall–Kier alpha value is -3.14. The zero-order valence-corrected chi connectivity index (χ0v) is 30.2. The molecule has 0 bridgehead atoms. The first-order valence-corrected chi connectivity index (χ1v) is 18.4. The number of ether oxygens (including phenoxy) is 2. The lowest BCUT2D eigenvalue weighted by Crippen LogP contribution is -2.53. The monoisotopic (exact) mass is 716 g/mol. The van der Waals surface area contributed by atoms with Crippen molar-refractivity contribution >= 4 is 47.0 Å². The normalized spacial score (nSPS) is 19.7. The Morgan fingerprint density at radius 3 is 1.49 bits per heavy atom. The molecule has 2 aromatic carbocycles. The molecule has 2 aliphatic carbocycles. The number of esters is 2.